The summed E-state index contributed by atoms with van der Waals surface area (Å²) in [5.41, 5.74) is 5.22. The molecule has 1 aliphatic heterocycles. The number of pyridine rings is 1. The van der Waals surface area contributed by atoms with Gasteiger partial charge in [-0.15, -0.1) is 0 Å². The molecule has 0 aliphatic carbocycles. The average Bonchev–Trinajstić information content (AvgIpc) is 3.55. The number of benzene rings is 3. The van der Waals surface area contributed by atoms with E-state index in [1.165, 1.54) is 6.20 Å². The lowest BCUT2D eigenvalue weighted by molar-refractivity contribution is -0.140. The van der Waals surface area contributed by atoms with E-state index in [-0.39, 0.29) is 30.9 Å². The molecule has 4 aromatic rings. The third-order valence-corrected chi connectivity index (χ3v) is 9.34. The Hall–Kier alpha value is -4.41. The quantitative estimate of drug-likeness (QED) is 0.0978. The van der Waals surface area contributed by atoms with Gasteiger partial charge in [-0.05, 0) is 54.7 Å². The number of nitriles is 1. The normalized spacial score (nSPS) is 14.9. The van der Waals surface area contributed by atoms with Crippen molar-refractivity contribution in [2.45, 2.75) is 51.7 Å². The Morgan fingerprint density at radius 3 is 2.57 bits per heavy atom. The molecule has 1 saturated heterocycles. The van der Waals surface area contributed by atoms with Gasteiger partial charge in [0.05, 0.1) is 34.9 Å². The van der Waals surface area contributed by atoms with Crippen molar-refractivity contribution in [3.05, 3.63) is 105 Å². The summed E-state index contributed by atoms with van der Waals surface area (Å²) in [6.07, 6.45) is 4.43. The maximum Gasteiger partial charge on any atom is 0.323 e. The number of β-amino-alcohol motifs (C(OH)–C–C–N with tert-alkyl or cyclic N) is 1. The minimum atomic E-state index is -1.20. The minimum Gasteiger partial charge on any atom is -0.492 e. The molecule has 3 aromatic carbocycles. The number of likely N-dealkylation sites (tertiary alicyclic amines) is 1. The molecule has 0 bridgehead atoms. The number of aliphatic hydroxyl groups excluding tert-OH is 2. The molecule has 0 saturated carbocycles. The number of rotatable bonds is 17. The number of nitrogens with one attached hydrogen (secondary N) is 1. The molecular weight excluding hydrogens is 695 g/mol. The van der Waals surface area contributed by atoms with Gasteiger partial charge in [0.2, 0.25) is 0 Å². The highest BCUT2D eigenvalue weighted by molar-refractivity contribution is 6.35. The van der Waals surface area contributed by atoms with Gasteiger partial charge in [-0.1, -0.05) is 53.5 Å². The molecule has 268 valence electrons. The fourth-order valence-corrected chi connectivity index (χ4v) is 6.34. The van der Waals surface area contributed by atoms with Gasteiger partial charge in [-0.2, -0.15) is 5.26 Å². The molecule has 1 fully saturated rings. The van der Waals surface area contributed by atoms with Crippen molar-refractivity contribution in [3.8, 4) is 34.4 Å². The number of carbonyl (C=O) groups is 1. The number of aliphatic carboxylic acids is 1. The molecule has 5 rings (SSSR count). The largest absolute Gasteiger partial charge is 0.492 e. The van der Waals surface area contributed by atoms with Gasteiger partial charge < -0.3 is 34.4 Å². The predicted molar refractivity (Wildman–Crippen MR) is 193 cm³/mol. The molecule has 2 heterocycles. The second-order valence-corrected chi connectivity index (χ2v) is 13.1. The van der Waals surface area contributed by atoms with Crippen LogP contribution in [0.4, 0.5) is 0 Å². The van der Waals surface area contributed by atoms with E-state index in [9.17, 15) is 25.4 Å². The third kappa shape index (κ3) is 10.1. The van der Waals surface area contributed by atoms with Crippen molar-refractivity contribution >= 4 is 29.2 Å². The summed E-state index contributed by atoms with van der Waals surface area (Å²) in [5, 5.41) is 41.5. The summed E-state index contributed by atoms with van der Waals surface area (Å²) in [4.78, 5) is 17.8. The summed E-state index contributed by atoms with van der Waals surface area (Å²) in [6.45, 7) is 4.66. The maximum absolute atomic E-state index is 11.5. The van der Waals surface area contributed by atoms with Crippen molar-refractivity contribution in [2.24, 2.45) is 0 Å². The maximum atomic E-state index is 11.5. The molecule has 1 aromatic heterocycles. The Labute approximate surface area is 306 Å². The summed E-state index contributed by atoms with van der Waals surface area (Å²) >= 11 is 13.6. The van der Waals surface area contributed by atoms with Crippen molar-refractivity contribution in [1.82, 2.24) is 15.2 Å². The first-order valence-corrected chi connectivity index (χ1v) is 17.3. The second-order valence-electron chi connectivity index (χ2n) is 12.3. The highest BCUT2D eigenvalue weighted by Gasteiger charge is 2.21. The van der Waals surface area contributed by atoms with E-state index < -0.39 is 18.6 Å². The number of aliphatic hydroxyl groups is 2. The molecule has 2 atom stereocenters. The van der Waals surface area contributed by atoms with Crippen LogP contribution in [-0.4, -0.2) is 76.2 Å². The van der Waals surface area contributed by atoms with Crippen LogP contribution in [-0.2, 0) is 24.6 Å². The zero-order valence-corrected chi connectivity index (χ0v) is 29.7. The van der Waals surface area contributed by atoms with Crippen LogP contribution in [0.2, 0.25) is 10.0 Å². The lowest BCUT2D eigenvalue weighted by atomic mass is 9.96. The number of carboxylic acids is 1. The molecule has 13 heteroatoms. The Bertz CT molecular complexity index is 1870. The first kappa shape index (κ1) is 37.8. The number of ether oxygens (including phenoxy) is 3. The zero-order valence-electron chi connectivity index (χ0n) is 28.1. The van der Waals surface area contributed by atoms with E-state index in [0.717, 1.165) is 48.2 Å². The Kier molecular flexibility index (Phi) is 13.5. The fraction of sp³-hybridized carbons (Fsp3) is 0.342. The first-order chi connectivity index (χ1) is 24.7. The number of hydrogen-bond acceptors (Lipinski definition) is 10. The SMILES string of the molecule is Cc1c(COc2cc(OCc3cncc(C#N)c3)c(CN[C@H](CO)C(=O)O)cc2Cl)cccc1-c1cccc(OCCCN2CC[C@@H](O)C2)c1Cl. The van der Waals surface area contributed by atoms with Crippen molar-refractivity contribution in [1.29, 1.82) is 5.26 Å². The topological polar surface area (TPSA) is 157 Å². The van der Waals surface area contributed by atoms with E-state index in [1.54, 1.807) is 24.4 Å². The van der Waals surface area contributed by atoms with Crippen LogP contribution in [0, 0.1) is 18.3 Å². The minimum absolute atomic E-state index is 0.0383. The monoisotopic (exact) mass is 734 g/mol. The Morgan fingerprint density at radius 2 is 1.82 bits per heavy atom. The van der Waals surface area contributed by atoms with Crippen LogP contribution >= 0.6 is 23.2 Å². The summed E-state index contributed by atoms with van der Waals surface area (Å²) < 4.78 is 18.4. The van der Waals surface area contributed by atoms with Gasteiger partial charge in [0.1, 0.15) is 42.6 Å². The van der Waals surface area contributed by atoms with Crippen LogP contribution in [0.3, 0.4) is 0 Å². The van der Waals surface area contributed by atoms with Gasteiger partial charge in [0.25, 0.3) is 0 Å². The molecule has 0 radical (unpaired) electrons. The standard InChI is InChI=1S/C38H40Cl2N4O7/c1-24-27(5-2-6-30(24)31-7-3-8-34(37(31)40)49-12-4-10-44-11-9-29(46)20-44)23-51-36-15-35(50-22-26-13-25(16-41)17-42-18-26)28(14-32(36)39)19-43-33(21-45)38(47)48/h2-3,5-8,13-15,17-18,29,33,43,45-46H,4,9-12,19-23H2,1H3,(H,47,48)/t29-,33-/m1/s1. The summed E-state index contributed by atoms with van der Waals surface area (Å²) in [6, 6.07) is 17.4. The molecule has 51 heavy (non-hydrogen) atoms. The van der Waals surface area contributed by atoms with Crippen molar-refractivity contribution < 1.29 is 34.3 Å². The smallest absolute Gasteiger partial charge is 0.323 e. The van der Waals surface area contributed by atoms with Gasteiger partial charge in [0.15, 0.2) is 0 Å². The number of halogens is 2. The van der Waals surface area contributed by atoms with Gasteiger partial charge in [-0.25, -0.2) is 0 Å². The van der Waals surface area contributed by atoms with E-state index in [4.69, 9.17) is 37.4 Å². The molecule has 0 unspecified atom stereocenters. The van der Waals surface area contributed by atoms with E-state index in [1.807, 2.05) is 43.3 Å². The second kappa shape index (κ2) is 18.2. The molecule has 1 aliphatic rings. The number of aromatic nitrogens is 1. The van der Waals surface area contributed by atoms with Crippen LogP contribution in [0.15, 0.2) is 67.0 Å². The molecule has 0 spiro atoms. The third-order valence-electron chi connectivity index (χ3n) is 8.66. The molecular formula is C38H40Cl2N4O7. The lowest BCUT2D eigenvalue weighted by Crippen LogP contribution is -2.39. The molecule has 4 N–H and O–H groups in total. The Morgan fingerprint density at radius 1 is 1.04 bits per heavy atom. The van der Waals surface area contributed by atoms with Crippen LogP contribution < -0.4 is 19.5 Å². The molecule has 0 amide bonds. The van der Waals surface area contributed by atoms with Gasteiger partial charge in [0, 0.05) is 61.3 Å². The van der Waals surface area contributed by atoms with Crippen LogP contribution in [0.5, 0.6) is 17.2 Å². The highest BCUT2D eigenvalue weighted by atomic mass is 35.5. The number of carboxylic acid groups (broad SMARTS) is 1. The number of hydrogen-bond donors (Lipinski definition) is 4. The van der Waals surface area contributed by atoms with E-state index in [0.29, 0.717) is 52.1 Å². The van der Waals surface area contributed by atoms with Crippen LogP contribution in [0.25, 0.3) is 11.1 Å². The predicted octanol–water partition coefficient (Wildman–Crippen LogP) is 5.76. The number of nitrogens with zero attached hydrogens (tertiary/aromatic N) is 3. The Balaban J connectivity index is 1.31. The first-order valence-electron chi connectivity index (χ1n) is 16.6. The summed E-state index contributed by atoms with van der Waals surface area (Å²) in [7, 11) is 0. The van der Waals surface area contributed by atoms with Gasteiger partial charge in [-0.3, -0.25) is 15.1 Å². The molecule has 11 nitrogen and oxygen atoms in total. The van der Waals surface area contributed by atoms with Crippen LogP contribution in [0.1, 0.15) is 40.7 Å². The van der Waals surface area contributed by atoms with Crippen molar-refractivity contribution in [3.63, 3.8) is 0 Å². The zero-order chi connectivity index (χ0) is 36.3. The van der Waals surface area contributed by atoms with Crippen molar-refractivity contribution in [2.75, 3.05) is 32.8 Å². The van der Waals surface area contributed by atoms with Gasteiger partial charge >= 0.3 is 5.97 Å². The summed E-state index contributed by atoms with van der Waals surface area (Å²) in [5.74, 6) is 0.129. The average molecular weight is 736 g/mol. The fourth-order valence-electron chi connectivity index (χ4n) is 5.81. The highest BCUT2D eigenvalue weighted by Crippen LogP contribution is 2.38. The van der Waals surface area contributed by atoms with E-state index in [2.05, 4.69) is 21.3 Å². The van der Waals surface area contributed by atoms with E-state index >= 15 is 0 Å². The lowest BCUT2D eigenvalue weighted by Gasteiger charge is -2.19.